The highest BCUT2D eigenvalue weighted by atomic mass is 16.3. The van der Waals surface area contributed by atoms with Crippen LogP contribution in [0.15, 0.2) is 54.6 Å². The van der Waals surface area contributed by atoms with Crippen LogP contribution in [0.1, 0.15) is 45.1 Å². The number of aliphatic hydroxyl groups is 1. The van der Waals surface area contributed by atoms with Gasteiger partial charge in [-0.3, -0.25) is 0 Å². The molecule has 116 valence electrons. The molecular formula is C21H26O. The first-order valence-electron chi connectivity index (χ1n) is 8.43. The first-order chi connectivity index (χ1) is 10.6. The SMILES string of the molecule is CC(C)(c1ccc(-c2ccccc2)cc1)[C@@H]1CCCC[C@H]1O. The fourth-order valence-electron chi connectivity index (χ4n) is 3.89. The monoisotopic (exact) mass is 294 g/mol. The van der Waals surface area contributed by atoms with E-state index in [0.717, 1.165) is 12.8 Å². The molecule has 1 aliphatic carbocycles. The number of hydrogen-bond donors (Lipinski definition) is 1. The van der Waals surface area contributed by atoms with E-state index in [0.29, 0.717) is 5.92 Å². The molecule has 3 rings (SSSR count). The van der Waals surface area contributed by atoms with Crippen LogP contribution in [0.5, 0.6) is 0 Å². The minimum Gasteiger partial charge on any atom is -0.393 e. The Labute approximate surface area is 134 Å². The van der Waals surface area contributed by atoms with Crippen molar-refractivity contribution in [2.75, 3.05) is 0 Å². The van der Waals surface area contributed by atoms with Gasteiger partial charge in [0.25, 0.3) is 0 Å². The topological polar surface area (TPSA) is 20.2 Å². The van der Waals surface area contributed by atoms with E-state index in [1.54, 1.807) is 0 Å². The van der Waals surface area contributed by atoms with Crippen molar-refractivity contribution in [3.8, 4) is 11.1 Å². The molecule has 0 amide bonds. The molecule has 1 fully saturated rings. The van der Waals surface area contributed by atoms with Gasteiger partial charge in [0.1, 0.15) is 0 Å². The van der Waals surface area contributed by atoms with Crippen LogP contribution in [0.4, 0.5) is 0 Å². The molecule has 0 bridgehead atoms. The van der Waals surface area contributed by atoms with Crippen LogP contribution in [0.25, 0.3) is 11.1 Å². The molecule has 0 unspecified atom stereocenters. The Morgan fingerprint density at radius 3 is 2.05 bits per heavy atom. The van der Waals surface area contributed by atoms with Gasteiger partial charge in [0, 0.05) is 0 Å². The first kappa shape index (κ1) is 15.3. The van der Waals surface area contributed by atoms with E-state index < -0.39 is 0 Å². The zero-order valence-electron chi connectivity index (χ0n) is 13.6. The molecule has 0 spiro atoms. The lowest BCUT2D eigenvalue weighted by atomic mass is 9.66. The lowest BCUT2D eigenvalue weighted by Gasteiger charge is -2.40. The van der Waals surface area contributed by atoms with Gasteiger partial charge in [-0.2, -0.15) is 0 Å². The predicted molar refractivity (Wildman–Crippen MR) is 92.9 cm³/mol. The molecule has 1 N–H and O–H groups in total. The normalized spacial score (nSPS) is 22.5. The van der Waals surface area contributed by atoms with Crippen LogP contribution < -0.4 is 0 Å². The second-order valence-corrected chi connectivity index (χ2v) is 7.12. The highest BCUT2D eigenvalue weighted by Crippen LogP contribution is 2.41. The fraction of sp³-hybridized carbons (Fsp3) is 0.429. The van der Waals surface area contributed by atoms with Gasteiger partial charge in [-0.15, -0.1) is 0 Å². The maximum absolute atomic E-state index is 10.4. The lowest BCUT2D eigenvalue weighted by molar-refractivity contribution is 0.0322. The Kier molecular flexibility index (Phi) is 4.35. The summed E-state index contributed by atoms with van der Waals surface area (Å²) in [5.74, 6) is 0.365. The van der Waals surface area contributed by atoms with E-state index in [1.165, 1.54) is 29.5 Å². The minimum atomic E-state index is -0.155. The molecule has 2 aromatic rings. The van der Waals surface area contributed by atoms with E-state index in [9.17, 15) is 5.11 Å². The average molecular weight is 294 g/mol. The molecule has 0 aliphatic heterocycles. The molecular weight excluding hydrogens is 268 g/mol. The Bertz CT molecular complexity index is 598. The molecule has 2 aromatic carbocycles. The van der Waals surface area contributed by atoms with Gasteiger partial charge in [-0.05, 0) is 40.9 Å². The lowest BCUT2D eigenvalue weighted by Crippen LogP contribution is -2.39. The van der Waals surface area contributed by atoms with Crippen molar-refractivity contribution in [1.29, 1.82) is 0 Å². The number of hydrogen-bond acceptors (Lipinski definition) is 1. The van der Waals surface area contributed by atoms with Crippen molar-refractivity contribution in [2.24, 2.45) is 5.92 Å². The molecule has 1 heteroatoms. The number of benzene rings is 2. The van der Waals surface area contributed by atoms with Crippen LogP contribution in [0, 0.1) is 5.92 Å². The quantitative estimate of drug-likeness (QED) is 0.826. The van der Waals surface area contributed by atoms with Gasteiger partial charge in [0.2, 0.25) is 0 Å². The maximum Gasteiger partial charge on any atom is 0.0576 e. The molecule has 0 aromatic heterocycles. The predicted octanol–water partition coefficient (Wildman–Crippen LogP) is 5.18. The van der Waals surface area contributed by atoms with Crippen LogP contribution in [-0.2, 0) is 5.41 Å². The van der Waals surface area contributed by atoms with Crippen molar-refractivity contribution < 1.29 is 5.11 Å². The summed E-state index contributed by atoms with van der Waals surface area (Å²) in [6.45, 7) is 4.56. The Balaban J connectivity index is 1.85. The summed E-state index contributed by atoms with van der Waals surface area (Å²) in [5.41, 5.74) is 3.86. The van der Waals surface area contributed by atoms with Gasteiger partial charge in [-0.25, -0.2) is 0 Å². The van der Waals surface area contributed by atoms with Crippen molar-refractivity contribution in [3.05, 3.63) is 60.2 Å². The molecule has 1 nitrogen and oxygen atoms in total. The molecule has 22 heavy (non-hydrogen) atoms. The largest absolute Gasteiger partial charge is 0.393 e. The minimum absolute atomic E-state index is 0.0229. The van der Waals surface area contributed by atoms with Crippen LogP contribution in [0.3, 0.4) is 0 Å². The van der Waals surface area contributed by atoms with E-state index in [2.05, 4.69) is 62.4 Å². The van der Waals surface area contributed by atoms with Crippen molar-refractivity contribution in [1.82, 2.24) is 0 Å². The molecule has 0 saturated heterocycles. The second-order valence-electron chi connectivity index (χ2n) is 7.12. The van der Waals surface area contributed by atoms with Crippen LogP contribution >= 0.6 is 0 Å². The maximum atomic E-state index is 10.4. The van der Waals surface area contributed by atoms with Gasteiger partial charge in [0.15, 0.2) is 0 Å². The van der Waals surface area contributed by atoms with Gasteiger partial charge < -0.3 is 5.11 Å². The van der Waals surface area contributed by atoms with Gasteiger partial charge >= 0.3 is 0 Å². The highest BCUT2D eigenvalue weighted by molar-refractivity contribution is 5.63. The summed E-state index contributed by atoms with van der Waals surface area (Å²) in [6.07, 6.45) is 4.34. The summed E-state index contributed by atoms with van der Waals surface area (Å²) in [5, 5.41) is 10.4. The van der Waals surface area contributed by atoms with E-state index in [1.807, 2.05) is 6.07 Å². The standard InChI is InChI=1S/C21H26O/c1-21(2,19-10-6-7-11-20(19)22)18-14-12-17(13-15-18)16-8-4-3-5-9-16/h3-5,8-9,12-15,19-20,22H,6-7,10-11H2,1-2H3/t19-,20-/m1/s1. The summed E-state index contributed by atoms with van der Waals surface area (Å²) in [6, 6.07) is 19.4. The van der Waals surface area contributed by atoms with Crippen LogP contribution in [-0.4, -0.2) is 11.2 Å². The van der Waals surface area contributed by atoms with Crippen molar-refractivity contribution in [3.63, 3.8) is 0 Å². The fourth-order valence-corrected chi connectivity index (χ4v) is 3.89. The summed E-state index contributed by atoms with van der Waals surface area (Å²) in [4.78, 5) is 0. The third kappa shape index (κ3) is 2.96. The van der Waals surface area contributed by atoms with Crippen molar-refractivity contribution >= 4 is 0 Å². The number of aliphatic hydroxyl groups excluding tert-OH is 1. The Hall–Kier alpha value is -1.60. The molecule has 0 heterocycles. The third-order valence-corrected chi connectivity index (χ3v) is 5.39. The van der Waals surface area contributed by atoms with Crippen molar-refractivity contribution in [2.45, 2.75) is 51.0 Å². The van der Waals surface area contributed by atoms with E-state index in [-0.39, 0.29) is 11.5 Å². The molecule has 0 radical (unpaired) electrons. The van der Waals surface area contributed by atoms with Gasteiger partial charge in [0.05, 0.1) is 6.10 Å². The summed E-state index contributed by atoms with van der Waals surface area (Å²) < 4.78 is 0. The highest BCUT2D eigenvalue weighted by Gasteiger charge is 2.37. The Morgan fingerprint density at radius 2 is 1.41 bits per heavy atom. The molecule has 1 saturated carbocycles. The number of rotatable bonds is 3. The zero-order valence-corrected chi connectivity index (χ0v) is 13.6. The molecule has 1 aliphatic rings. The van der Waals surface area contributed by atoms with Crippen LogP contribution in [0.2, 0.25) is 0 Å². The summed E-state index contributed by atoms with van der Waals surface area (Å²) >= 11 is 0. The van der Waals surface area contributed by atoms with E-state index in [4.69, 9.17) is 0 Å². The van der Waals surface area contributed by atoms with E-state index >= 15 is 0 Å². The Morgan fingerprint density at radius 1 is 0.818 bits per heavy atom. The third-order valence-electron chi connectivity index (χ3n) is 5.39. The average Bonchev–Trinajstić information content (AvgIpc) is 2.56. The van der Waals surface area contributed by atoms with Gasteiger partial charge in [-0.1, -0.05) is 81.3 Å². The summed E-state index contributed by atoms with van der Waals surface area (Å²) in [7, 11) is 0. The second kappa shape index (κ2) is 6.26. The molecule has 2 atom stereocenters. The zero-order chi connectivity index (χ0) is 15.6. The first-order valence-corrected chi connectivity index (χ1v) is 8.43. The smallest absolute Gasteiger partial charge is 0.0576 e.